The zero-order valence-corrected chi connectivity index (χ0v) is 14.7. The molecular formula is C16H16BrNO4S. The van der Waals surface area contributed by atoms with E-state index in [0.29, 0.717) is 22.5 Å². The van der Waals surface area contributed by atoms with Crippen molar-refractivity contribution in [3.05, 3.63) is 52.9 Å². The van der Waals surface area contributed by atoms with E-state index in [1.165, 1.54) is 0 Å². The number of hydrogen-bond acceptors (Lipinski definition) is 4. The van der Waals surface area contributed by atoms with Gasteiger partial charge in [0.25, 0.3) is 5.91 Å². The molecule has 3 rings (SSSR count). The van der Waals surface area contributed by atoms with E-state index >= 15 is 0 Å². The number of rotatable bonds is 4. The Morgan fingerprint density at radius 3 is 2.61 bits per heavy atom. The number of halogens is 1. The molecule has 122 valence electrons. The molecule has 7 heteroatoms. The minimum absolute atomic E-state index is 0.0648. The van der Waals surface area contributed by atoms with E-state index in [-0.39, 0.29) is 23.5 Å². The number of carbonyl (C=O) groups is 1. The van der Waals surface area contributed by atoms with E-state index in [9.17, 15) is 13.2 Å². The zero-order chi connectivity index (χ0) is 16.4. The summed E-state index contributed by atoms with van der Waals surface area (Å²) < 4.78 is 30.8. The first-order chi connectivity index (χ1) is 11.0. The van der Waals surface area contributed by atoms with Gasteiger partial charge in [0.1, 0.15) is 0 Å². The van der Waals surface area contributed by atoms with Crippen molar-refractivity contribution >= 4 is 31.7 Å². The van der Waals surface area contributed by atoms with Crippen LogP contribution in [0.1, 0.15) is 23.4 Å². The van der Waals surface area contributed by atoms with Gasteiger partial charge in [-0.05, 0) is 53.0 Å². The molecule has 5 nitrogen and oxygen atoms in total. The normalized spacial score (nSPS) is 18.3. The highest BCUT2D eigenvalue weighted by Crippen LogP contribution is 2.25. The number of furan rings is 1. The Morgan fingerprint density at radius 2 is 1.96 bits per heavy atom. The zero-order valence-electron chi connectivity index (χ0n) is 12.3. The molecule has 1 atom stereocenters. The van der Waals surface area contributed by atoms with Crippen LogP contribution in [0.2, 0.25) is 0 Å². The molecule has 1 aromatic heterocycles. The first-order valence-electron chi connectivity index (χ1n) is 7.31. The average molecular weight is 398 g/mol. The van der Waals surface area contributed by atoms with Crippen LogP contribution in [0.15, 0.2) is 56.4 Å². The monoisotopic (exact) mass is 397 g/mol. The lowest BCUT2D eigenvalue weighted by Gasteiger charge is -2.23. The highest BCUT2D eigenvalue weighted by Gasteiger charge is 2.34. The smallest absolute Gasteiger partial charge is 0.289 e. The van der Waals surface area contributed by atoms with Gasteiger partial charge in [0.05, 0.1) is 10.6 Å². The number of amides is 1. The highest BCUT2D eigenvalue weighted by molar-refractivity contribution is 9.10. The topological polar surface area (TPSA) is 67.6 Å². The second-order valence-corrected chi connectivity index (χ2v) is 8.31. The van der Waals surface area contributed by atoms with E-state index in [1.807, 2.05) is 0 Å². The number of carbonyl (C=O) groups excluding carboxylic acids is 1. The first kappa shape index (κ1) is 16.3. The summed E-state index contributed by atoms with van der Waals surface area (Å²) in [5.74, 6) is -0.104. The van der Waals surface area contributed by atoms with Crippen molar-refractivity contribution in [2.75, 3.05) is 12.3 Å². The minimum atomic E-state index is -3.42. The van der Waals surface area contributed by atoms with Crippen molar-refractivity contribution in [3.8, 4) is 0 Å². The summed E-state index contributed by atoms with van der Waals surface area (Å²) in [5, 5.41) is 0. The predicted molar refractivity (Wildman–Crippen MR) is 89.0 cm³/mol. The molecular weight excluding hydrogens is 382 g/mol. The molecule has 1 amide bonds. The maximum absolute atomic E-state index is 12.5. The quantitative estimate of drug-likeness (QED) is 0.794. The molecule has 0 aliphatic carbocycles. The fourth-order valence-corrected chi connectivity index (χ4v) is 4.75. The van der Waals surface area contributed by atoms with Crippen molar-refractivity contribution in [1.29, 1.82) is 0 Å². The lowest BCUT2D eigenvalue weighted by atomic mass is 10.2. The first-order valence-corrected chi connectivity index (χ1v) is 9.76. The third-order valence-corrected chi connectivity index (χ3v) is 6.18. The minimum Gasteiger partial charge on any atom is -0.444 e. The van der Waals surface area contributed by atoms with Crippen molar-refractivity contribution in [2.24, 2.45) is 0 Å². The Labute approximate surface area is 143 Å². The van der Waals surface area contributed by atoms with Crippen LogP contribution in [-0.2, 0) is 9.84 Å². The molecule has 1 aliphatic heterocycles. The largest absolute Gasteiger partial charge is 0.444 e. The molecule has 1 aromatic carbocycles. The van der Waals surface area contributed by atoms with Gasteiger partial charge in [-0.3, -0.25) is 4.79 Å². The van der Waals surface area contributed by atoms with Gasteiger partial charge >= 0.3 is 0 Å². The van der Waals surface area contributed by atoms with Gasteiger partial charge in [-0.15, -0.1) is 0 Å². The third-order valence-electron chi connectivity index (χ3n) is 3.94. The van der Waals surface area contributed by atoms with Crippen LogP contribution in [0.3, 0.4) is 0 Å². The highest BCUT2D eigenvalue weighted by atomic mass is 79.9. The molecule has 2 heterocycles. The van der Waals surface area contributed by atoms with Gasteiger partial charge in [0.2, 0.25) is 0 Å². The fourth-order valence-electron chi connectivity index (χ4n) is 2.82. The number of sulfone groups is 1. The van der Waals surface area contributed by atoms with Crippen molar-refractivity contribution < 1.29 is 17.6 Å². The summed E-state index contributed by atoms with van der Waals surface area (Å²) in [6, 6.07) is 11.3. The number of nitrogens with zero attached hydrogens (tertiary/aromatic N) is 1. The van der Waals surface area contributed by atoms with Crippen LogP contribution < -0.4 is 0 Å². The Bertz CT molecular complexity index is 800. The van der Waals surface area contributed by atoms with Crippen molar-refractivity contribution in [3.63, 3.8) is 0 Å². The maximum atomic E-state index is 12.5. The van der Waals surface area contributed by atoms with Crippen LogP contribution in [0.25, 0.3) is 0 Å². The van der Waals surface area contributed by atoms with Gasteiger partial charge in [0, 0.05) is 12.6 Å². The predicted octanol–water partition coefficient (Wildman–Crippen LogP) is 3.12. The lowest BCUT2D eigenvalue weighted by Crippen LogP contribution is -2.39. The molecule has 0 bridgehead atoms. The standard InChI is InChI=1S/C16H16BrNO4S/c17-15-9-8-14(22-15)16(19)18-10-4-5-12(18)11-23(20,21)13-6-2-1-3-7-13/h1-3,6-9,12H,4-5,10-11H2/t12-/m1/s1. The summed E-state index contributed by atoms with van der Waals surface area (Å²) in [6.45, 7) is 0.548. The molecule has 1 fully saturated rings. The SMILES string of the molecule is O=C(c1ccc(Br)o1)N1CCC[C@@H]1CS(=O)(=O)c1ccccc1. The summed E-state index contributed by atoms with van der Waals surface area (Å²) in [4.78, 5) is 14.4. The van der Waals surface area contributed by atoms with Crippen LogP contribution in [-0.4, -0.2) is 37.6 Å². The Hall–Kier alpha value is -1.60. The van der Waals surface area contributed by atoms with E-state index in [2.05, 4.69) is 15.9 Å². The van der Waals surface area contributed by atoms with E-state index in [0.717, 1.165) is 6.42 Å². The van der Waals surface area contributed by atoms with Crippen molar-refractivity contribution in [2.45, 2.75) is 23.8 Å². The summed E-state index contributed by atoms with van der Waals surface area (Å²) in [7, 11) is -3.42. The van der Waals surface area contributed by atoms with Gasteiger partial charge < -0.3 is 9.32 Å². The van der Waals surface area contributed by atoms with Gasteiger partial charge in [-0.25, -0.2) is 8.42 Å². The molecule has 0 spiro atoms. The van der Waals surface area contributed by atoms with Gasteiger partial charge in [0.15, 0.2) is 20.3 Å². The average Bonchev–Trinajstić information content (AvgIpc) is 3.16. The van der Waals surface area contributed by atoms with Crippen LogP contribution in [0.4, 0.5) is 0 Å². The van der Waals surface area contributed by atoms with Crippen LogP contribution >= 0.6 is 15.9 Å². The Kier molecular flexibility index (Phi) is 4.59. The molecule has 1 saturated heterocycles. The van der Waals surface area contributed by atoms with Crippen LogP contribution in [0.5, 0.6) is 0 Å². The fraction of sp³-hybridized carbons (Fsp3) is 0.312. The van der Waals surface area contributed by atoms with Gasteiger partial charge in [-0.2, -0.15) is 0 Å². The number of likely N-dealkylation sites (tertiary alicyclic amines) is 1. The van der Waals surface area contributed by atoms with E-state index in [1.54, 1.807) is 47.4 Å². The van der Waals surface area contributed by atoms with Gasteiger partial charge in [-0.1, -0.05) is 18.2 Å². The molecule has 1 aliphatic rings. The molecule has 0 N–H and O–H groups in total. The lowest BCUT2D eigenvalue weighted by molar-refractivity contribution is 0.0715. The molecule has 23 heavy (non-hydrogen) atoms. The third kappa shape index (κ3) is 3.50. The number of benzene rings is 1. The molecule has 0 radical (unpaired) electrons. The molecule has 2 aromatic rings. The van der Waals surface area contributed by atoms with E-state index in [4.69, 9.17) is 4.42 Å². The summed E-state index contributed by atoms with van der Waals surface area (Å²) in [5.41, 5.74) is 0. The van der Waals surface area contributed by atoms with Crippen molar-refractivity contribution in [1.82, 2.24) is 4.90 Å². The summed E-state index contributed by atoms with van der Waals surface area (Å²) in [6.07, 6.45) is 1.47. The second-order valence-electron chi connectivity index (χ2n) is 5.49. The second kappa shape index (κ2) is 6.49. The molecule has 0 saturated carbocycles. The number of hydrogen-bond donors (Lipinski definition) is 0. The maximum Gasteiger partial charge on any atom is 0.289 e. The summed E-state index contributed by atoms with van der Waals surface area (Å²) >= 11 is 3.17. The van der Waals surface area contributed by atoms with E-state index < -0.39 is 9.84 Å². The van der Waals surface area contributed by atoms with Crippen LogP contribution in [0, 0.1) is 0 Å². The Balaban J connectivity index is 1.78. The molecule has 0 unspecified atom stereocenters. The Morgan fingerprint density at radius 1 is 1.22 bits per heavy atom.